The summed E-state index contributed by atoms with van der Waals surface area (Å²) in [4.78, 5) is 0. The predicted molar refractivity (Wildman–Crippen MR) is 62.6 cm³/mol. The summed E-state index contributed by atoms with van der Waals surface area (Å²) in [7, 11) is 0. The Morgan fingerprint density at radius 2 is 2.41 bits per heavy atom. The highest BCUT2D eigenvalue weighted by Gasteiger charge is 2.02. The van der Waals surface area contributed by atoms with Crippen LogP contribution in [0.1, 0.15) is 0 Å². The van der Waals surface area contributed by atoms with Crippen LogP contribution in [0.2, 0.25) is 0 Å². The summed E-state index contributed by atoms with van der Waals surface area (Å²) in [6.45, 7) is 0. The summed E-state index contributed by atoms with van der Waals surface area (Å²) in [5.41, 5.74) is 8.80. The molecule has 0 saturated carbocycles. The van der Waals surface area contributed by atoms with E-state index in [0.717, 1.165) is 5.39 Å². The van der Waals surface area contributed by atoms with Crippen molar-refractivity contribution in [3.05, 3.63) is 24.4 Å². The quantitative estimate of drug-likeness (QED) is 0.411. The molecule has 0 bridgehead atoms. The van der Waals surface area contributed by atoms with Crippen LogP contribution in [0.3, 0.4) is 0 Å². The number of nitrogens with two attached hydrogens (primary N) is 1. The molecular weight excluding hydrogens is 220 g/mol. The molecule has 2 rings (SSSR count). The van der Waals surface area contributed by atoms with Gasteiger partial charge in [-0.3, -0.25) is 10.8 Å². The van der Waals surface area contributed by atoms with E-state index in [2.05, 4.69) is 15.7 Å². The van der Waals surface area contributed by atoms with Gasteiger partial charge in [0.2, 0.25) is 5.71 Å². The van der Waals surface area contributed by atoms with Gasteiger partial charge in [0.25, 0.3) is 0 Å². The van der Waals surface area contributed by atoms with Gasteiger partial charge in [0.05, 0.1) is 11.9 Å². The molecule has 7 heteroatoms. The zero-order valence-electron chi connectivity index (χ0n) is 8.64. The van der Waals surface area contributed by atoms with Crippen LogP contribution in [0, 0.1) is 16.7 Å². The molecule has 0 amide bonds. The number of nitrogens with zero attached hydrogens (tertiary/aromatic N) is 3. The topological polar surface area (TPSA) is 124 Å². The number of anilines is 1. The Labute approximate surface area is 96.0 Å². The SMILES string of the molecule is N#C/C(=N\Nc1ccc2cnoc2c1)C(=N)N. The van der Waals surface area contributed by atoms with Crippen molar-refractivity contribution in [3.8, 4) is 6.07 Å². The zero-order valence-corrected chi connectivity index (χ0v) is 8.64. The lowest BCUT2D eigenvalue weighted by atomic mass is 10.2. The first-order chi connectivity index (χ1) is 8.20. The second-order valence-corrected chi connectivity index (χ2v) is 3.18. The molecule has 84 valence electrons. The van der Waals surface area contributed by atoms with E-state index < -0.39 is 0 Å². The molecule has 0 aliphatic heterocycles. The molecule has 7 nitrogen and oxygen atoms in total. The molecule has 1 aromatic heterocycles. The fourth-order valence-electron chi connectivity index (χ4n) is 1.20. The highest BCUT2D eigenvalue weighted by molar-refractivity contribution is 6.45. The lowest BCUT2D eigenvalue weighted by Crippen LogP contribution is -2.21. The molecule has 0 aliphatic rings. The molecule has 0 radical (unpaired) electrons. The van der Waals surface area contributed by atoms with E-state index in [1.165, 1.54) is 0 Å². The zero-order chi connectivity index (χ0) is 12.3. The predicted octanol–water partition coefficient (Wildman–Crippen LogP) is 1.06. The third-order valence-electron chi connectivity index (χ3n) is 2.01. The van der Waals surface area contributed by atoms with Crippen molar-refractivity contribution < 1.29 is 4.52 Å². The van der Waals surface area contributed by atoms with Crippen LogP contribution in [-0.2, 0) is 0 Å². The number of amidine groups is 1. The standard InChI is InChI=1S/C10H8N6O/c11-4-8(10(12)13)16-15-7-2-1-6-5-14-17-9(6)3-7/h1-3,5,15H,(H3,12,13)/b16-8+. The molecule has 1 aromatic carbocycles. The molecular formula is C10H8N6O. The van der Waals surface area contributed by atoms with Gasteiger partial charge >= 0.3 is 0 Å². The van der Waals surface area contributed by atoms with Crippen LogP contribution < -0.4 is 11.2 Å². The van der Waals surface area contributed by atoms with E-state index in [-0.39, 0.29) is 11.5 Å². The molecule has 0 aliphatic carbocycles. The van der Waals surface area contributed by atoms with Gasteiger partial charge in [-0.2, -0.15) is 10.4 Å². The van der Waals surface area contributed by atoms with Gasteiger partial charge in [-0.1, -0.05) is 5.16 Å². The maximum absolute atomic E-state index is 8.64. The van der Waals surface area contributed by atoms with E-state index in [1.54, 1.807) is 30.5 Å². The third kappa shape index (κ3) is 2.21. The third-order valence-corrected chi connectivity index (χ3v) is 2.01. The van der Waals surface area contributed by atoms with Crippen molar-refractivity contribution >= 4 is 28.2 Å². The fraction of sp³-hybridized carbons (Fsp3) is 0. The lowest BCUT2D eigenvalue weighted by Gasteiger charge is -2.00. The fourth-order valence-corrected chi connectivity index (χ4v) is 1.20. The van der Waals surface area contributed by atoms with Crippen LogP contribution in [0.15, 0.2) is 34.0 Å². The van der Waals surface area contributed by atoms with Crippen LogP contribution in [0.25, 0.3) is 11.0 Å². The Kier molecular flexibility index (Phi) is 2.70. The number of aromatic nitrogens is 1. The molecule has 0 spiro atoms. The molecule has 1 heterocycles. The van der Waals surface area contributed by atoms with Gasteiger partial charge in [0.15, 0.2) is 11.4 Å². The Balaban J connectivity index is 2.24. The lowest BCUT2D eigenvalue weighted by molar-refractivity contribution is 0.456. The Morgan fingerprint density at radius 3 is 3.12 bits per heavy atom. The summed E-state index contributed by atoms with van der Waals surface area (Å²) >= 11 is 0. The van der Waals surface area contributed by atoms with Crippen LogP contribution in [0.4, 0.5) is 5.69 Å². The smallest absolute Gasteiger partial charge is 0.201 e. The number of rotatable bonds is 3. The number of hydrogen-bond donors (Lipinski definition) is 3. The second-order valence-electron chi connectivity index (χ2n) is 3.18. The highest BCUT2D eigenvalue weighted by atomic mass is 16.5. The normalized spacial score (nSPS) is 11.1. The van der Waals surface area contributed by atoms with E-state index in [4.69, 9.17) is 20.9 Å². The van der Waals surface area contributed by atoms with E-state index >= 15 is 0 Å². The van der Waals surface area contributed by atoms with Crippen LogP contribution in [-0.4, -0.2) is 16.7 Å². The first kappa shape index (κ1) is 10.6. The molecule has 4 N–H and O–H groups in total. The minimum Gasteiger partial charge on any atom is -0.382 e. The largest absolute Gasteiger partial charge is 0.382 e. The number of nitrogens with one attached hydrogen (secondary N) is 2. The number of hydrogen-bond acceptors (Lipinski definition) is 6. The first-order valence-corrected chi connectivity index (χ1v) is 4.63. The summed E-state index contributed by atoms with van der Waals surface area (Å²) < 4.78 is 4.97. The van der Waals surface area contributed by atoms with Crippen molar-refractivity contribution in [2.45, 2.75) is 0 Å². The highest BCUT2D eigenvalue weighted by Crippen LogP contribution is 2.18. The Morgan fingerprint density at radius 1 is 1.59 bits per heavy atom. The Hall–Kier alpha value is -2.88. The molecule has 0 fully saturated rings. The minimum absolute atomic E-state index is 0.178. The molecule has 0 unspecified atom stereocenters. The number of benzene rings is 1. The maximum atomic E-state index is 8.64. The van der Waals surface area contributed by atoms with Gasteiger partial charge in [-0.25, -0.2) is 0 Å². The maximum Gasteiger partial charge on any atom is 0.201 e. The monoisotopic (exact) mass is 228 g/mol. The number of nitriles is 1. The van der Waals surface area contributed by atoms with Crippen molar-refractivity contribution in [2.75, 3.05) is 5.43 Å². The van der Waals surface area contributed by atoms with E-state index in [0.29, 0.717) is 11.3 Å². The second kappa shape index (κ2) is 4.32. The van der Waals surface area contributed by atoms with Crippen molar-refractivity contribution in [3.63, 3.8) is 0 Å². The summed E-state index contributed by atoms with van der Waals surface area (Å²) in [5, 5.41) is 23.9. The minimum atomic E-state index is -0.388. The van der Waals surface area contributed by atoms with E-state index in [9.17, 15) is 0 Å². The average molecular weight is 228 g/mol. The van der Waals surface area contributed by atoms with Gasteiger partial charge in [-0.15, -0.1) is 0 Å². The Bertz CT molecular complexity index is 636. The molecule has 17 heavy (non-hydrogen) atoms. The first-order valence-electron chi connectivity index (χ1n) is 4.63. The van der Waals surface area contributed by atoms with Crippen molar-refractivity contribution in [2.24, 2.45) is 10.8 Å². The van der Waals surface area contributed by atoms with E-state index in [1.807, 2.05) is 0 Å². The number of hydrazone groups is 1. The summed E-state index contributed by atoms with van der Waals surface area (Å²) in [5.74, 6) is -0.388. The van der Waals surface area contributed by atoms with Crippen LogP contribution >= 0.6 is 0 Å². The van der Waals surface area contributed by atoms with Gasteiger partial charge in [0.1, 0.15) is 6.07 Å². The van der Waals surface area contributed by atoms with Crippen molar-refractivity contribution in [1.82, 2.24) is 5.16 Å². The summed E-state index contributed by atoms with van der Waals surface area (Å²) in [6, 6.07) is 6.93. The molecule has 0 saturated heterocycles. The summed E-state index contributed by atoms with van der Waals surface area (Å²) in [6.07, 6.45) is 1.60. The van der Waals surface area contributed by atoms with Gasteiger partial charge in [-0.05, 0) is 12.1 Å². The van der Waals surface area contributed by atoms with Crippen molar-refractivity contribution in [1.29, 1.82) is 10.7 Å². The molecule has 0 atom stereocenters. The van der Waals surface area contributed by atoms with Gasteiger partial charge in [0, 0.05) is 11.5 Å². The average Bonchev–Trinajstić information content (AvgIpc) is 2.76. The van der Waals surface area contributed by atoms with Crippen LogP contribution in [0.5, 0.6) is 0 Å². The van der Waals surface area contributed by atoms with Gasteiger partial charge < -0.3 is 10.3 Å². The molecule has 2 aromatic rings. The number of fused-ring (bicyclic) bond motifs is 1.